The molecule has 0 aliphatic carbocycles. The third-order valence-corrected chi connectivity index (χ3v) is 6.50. The van der Waals surface area contributed by atoms with Gasteiger partial charge in [-0.2, -0.15) is 0 Å². The lowest BCUT2D eigenvalue weighted by molar-refractivity contribution is -0.144. The minimum absolute atomic E-state index is 0.160. The van der Waals surface area contributed by atoms with Crippen LogP contribution in [0.5, 0.6) is 5.75 Å². The summed E-state index contributed by atoms with van der Waals surface area (Å²) in [5.74, 6) is -1.15. The molecule has 7 heteroatoms. The molecule has 0 amide bonds. The van der Waals surface area contributed by atoms with Crippen molar-refractivity contribution < 1.29 is 28.9 Å². The Kier molecular flexibility index (Phi) is 5.97. The van der Waals surface area contributed by atoms with Gasteiger partial charge in [0.1, 0.15) is 18.2 Å². The number of aromatic hydroxyl groups is 1. The largest absolute Gasteiger partial charge is 0.507 e. The van der Waals surface area contributed by atoms with Crippen molar-refractivity contribution in [3.05, 3.63) is 59.5 Å². The van der Waals surface area contributed by atoms with Crippen molar-refractivity contribution in [2.45, 2.75) is 57.7 Å². The number of rotatable bonds is 7. The summed E-state index contributed by atoms with van der Waals surface area (Å²) in [7, 11) is 0. The van der Waals surface area contributed by atoms with Gasteiger partial charge in [0.05, 0.1) is 23.8 Å². The van der Waals surface area contributed by atoms with Gasteiger partial charge in [0.15, 0.2) is 0 Å². The lowest BCUT2D eigenvalue weighted by Crippen LogP contribution is -2.42. The summed E-state index contributed by atoms with van der Waals surface area (Å²) in [6.45, 7) is 8.16. The number of hydrogen-bond acceptors (Lipinski definition) is 4. The number of nitrogens with zero attached hydrogens (tertiary/aromatic N) is 1. The number of phenolic OH excluding ortho intramolecular Hbond substituents is 1. The number of ether oxygens (including phenoxy) is 2. The van der Waals surface area contributed by atoms with Gasteiger partial charge in [0, 0.05) is 27.7 Å². The number of hydrogen-bond donors (Lipinski definition) is 2. The number of carbonyl (C=O) groups is 1. The molecule has 0 fully saturated rings. The molecule has 2 heterocycles. The number of halogens is 1. The van der Waals surface area contributed by atoms with E-state index >= 15 is 0 Å². The Morgan fingerprint density at radius 1 is 1.21 bits per heavy atom. The van der Waals surface area contributed by atoms with Crippen LogP contribution in [0, 0.1) is 5.82 Å². The third-order valence-electron chi connectivity index (χ3n) is 6.50. The quantitative estimate of drug-likeness (QED) is 0.507. The highest BCUT2D eigenvalue weighted by Gasteiger charge is 2.46. The van der Waals surface area contributed by atoms with Crippen LogP contribution in [0.3, 0.4) is 0 Å². The van der Waals surface area contributed by atoms with Gasteiger partial charge >= 0.3 is 5.97 Å². The number of aliphatic carboxylic acids is 1. The molecule has 0 saturated heterocycles. The molecule has 3 aromatic rings. The van der Waals surface area contributed by atoms with Crippen molar-refractivity contribution in [1.82, 2.24) is 4.57 Å². The number of carboxylic acids is 1. The van der Waals surface area contributed by atoms with Crippen molar-refractivity contribution in [3.8, 4) is 11.4 Å². The van der Waals surface area contributed by atoms with Crippen LogP contribution in [-0.2, 0) is 25.3 Å². The Labute approximate surface area is 192 Å². The normalized spacial score (nSPS) is 20.5. The van der Waals surface area contributed by atoms with Gasteiger partial charge in [0.2, 0.25) is 0 Å². The number of aromatic nitrogens is 1. The van der Waals surface area contributed by atoms with E-state index in [-0.39, 0.29) is 29.7 Å². The number of fused-ring (bicyclic) bond motifs is 3. The molecule has 2 N–H and O–H groups in total. The van der Waals surface area contributed by atoms with Gasteiger partial charge in [-0.1, -0.05) is 19.9 Å². The first-order valence-corrected chi connectivity index (χ1v) is 11.1. The van der Waals surface area contributed by atoms with Gasteiger partial charge in [-0.25, -0.2) is 9.18 Å². The van der Waals surface area contributed by atoms with Gasteiger partial charge < -0.3 is 24.3 Å². The first-order valence-electron chi connectivity index (χ1n) is 11.1. The SMILES string of the molecule is C[C@@H](CC[C@@]1(C)OCC(C)(C)c2c1c1c(O)cccc1n2-c1ccc(F)cc1)OCC(=O)O. The zero-order valence-electron chi connectivity index (χ0n) is 19.4. The van der Waals surface area contributed by atoms with Crippen LogP contribution >= 0.6 is 0 Å². The summed E-state index contributed by atoms with van der Waals surface area (Å²) >= 11 is 0. The highest BCUT2D eigenvalue weighted by atomic mass is 19.1. The van der Waals surface area contributed by atoms with E-state index in [0.717, 1.165) is 22.5 Å². The second kappa shape index (κ2) is 8.47. The second-order valence-corrected chi connectivity index (χ2v) is 9.66. The zero-order chi connectivity index (χ0) is 24.0. The van der Waals surface area contributed by atoms with Crippen LogP contribution in [0.1, 0.15) is 51.8 Å². The molecule has 4 rings (SSSR count). The van der Waals surface area contributed by atoms with E-state index in [1.54, 1.807) is 24.3 Å². The molecule has 2 aromatic carbocycles. The molecule has 0 bridgehead atoms. The highest BCUT2D eigenvalue weighted by Crippen LogP contribution is 2.51. The average Bonchev–Trinajstić information content (AvgIpc) is 3.13. The number of phenols is 1. The molecule has 1 aliphatic heterocycles. The predicted molar refractivity (Wildman–Crippen MR) is 124 cm³/mol. The summed E-state index contributed by atoms with van der Waals surface area (Å²) in [6.07, 6.45) is 0.896. The lowest BCUT2D eigenvalue weighted by atomic mass is 9.76. The fourth-order valence-corrected chi connectivity index (χ4v) is 4.79. The highest BCUT2D eigenvalue weighted by molar-refractivity contribution is 5.94. The van der Waals surface area contributed by atoms with Gasteiger partial charge in [-0.3, -0.25) is 0 Å². The molecule has 6 nitrogen and oxygen atoms in total. The van der Waals surface area contributed by atoms with E-state index in [4.69, 9.17) is 14.6 Å². The van der Waals surface area contributed by atoms with E-state index in [1.807, 2.05) is 19.9 Å². The number of carboxylic acid groups (broad SMARTS) is 1. The summed E-state index contributed by atoms with van der Waals surface area (Å²) in [5.41, 5.74) is 2.45. The van der Waals surface area contributed by atoms with Crippen molar-refractivity contribution >= 4 is 16.9 Å². The fourth-order valence-electron chi connectivity index (χ4n) is 4.79. The Morgan fingerprint density at radius 2 is 1.91 bits per heavy atom. The molecule has 1 aromatic heterocycles. The van der Waals surface area contributed by atoms with Crippen LogP contribution in [-0.4, -0.2) is 40.1 Å². The molecule has 0 unspecified atom stereocenters. The van der Waals surface area contributed by atoms with Crippen molar-refractivity contribution in [1.29, 1.82) is 0 Å². The minimum atomic E-state index is -1.00. The van der Waals surface area contributed by atoms with Gasteiger partial charge in [0.25, 0.3) is 0 Å². The molecule has 0 saturated carbocycles. The molecule has 0 radical (unpaired) electrons. The van der Waals surface area contributed by atoms with Crippen LogP contribution in [0.4, 0.5) is 4.39 Å². The van der Waals surface area contributed by atoms with E-state index in [2.05, 4.69) is 18.4 Å². The molecular weight excluding hydrogens is 425 g/mol. The number of benzene rings is 2. The monoisotopic (exact) mass is 455 g/mol. The molecule has 2 atom stereocenters. The predicted octanol–water partition coefficient (Wildman–Crippen LogP) is 5.27. The Hall–Kier alpha value is -2.90. The molecule has 33 heavy (non-hydrogen) atoms. The van der Waals surface area contributed by atoms with Crippen LogP contribution in [0.2, 0.25) is 0 Å². The van der Waals surface area contributed by atoms with Gasteiger partial charge in [-0.15, -0.1) is 0 Å². The third kappa shape index (κ3) is 4.23. The summed E-state index contributed by atoms with van der Waals surface area (Å²) in [6, 6.07) is 11.8. The second-order valence-electron chi connectivity index (χ2n) is 9.66. The maximum Gasteiger partial charge on any atom is 0.329 e. The van der Waals surface area contributed by atoms with Gasteiger partial charge in [-0.05, 0) is 63.1 Å². The Morgan fingerprint density at radius 3 is 2.58 bits per heavy atom. The molecule has 176 valence electrons. The van der Waals surface area contributed by atoms with E-state index in [0.29, 0.717) is 24.8 Å². The summed E-state index contributed by atoms with van der Waals surface area (Å²) in [5, 5.41) is 20.5. The van der Waals surface area contributed by atoms with E-state index in [9.17, 15) is 14.3 Å². The summed E-state index contributed by atoms with van der Waals surface area (Å²) < 4.78 is 27.7. The van der Waals surface area contributed by atoms with Crippen molar-refractivity contribution in [2.24, 2.45) is 0 Å². The van der Waals surface area contributed by atoms with E-state index in [1.165, 1.54) is 12.1 Å². The topological polar surface area (TPSA) is 80.9 Å². The zero-order valence-corrected chi connectivity index (χ0v) is 19.4. The first kappa shape index (κ1) is 23.3. The van der Waals surface area contributed by atoms with Crippen LogP contribution < -0.4 is 0 Å². The van der Waals surface area contributed by atoms with Crippen LogP contribution in [0.25, 0.3) is 16.6 Å². The first-order chi connectivity index (χ1) is 15.5. The Balaban J connectivity index is 1.88. The van der Waals surface area contributed by atoms with Crippen LogP contribution in [0.15, 0.2) is 42.5 Å². The fraction of sp³-hybridized carbons (Fsp3) is 0.423. The molecular formula is C26H30FNO5. The van der Waals surface area contributed by atoms with E-state index < -0.39 is 11.6 Å². The average molecular weight is 456 g/mol. The molecule has 0 spiro atoms. The van der Waals surface area contributed by atoms with Crippen molar-refractivity contribution in [3.63, 3.8) is 0 Å². The standard InChI is InChI=1S/C26H30FNO5/c1-16(32-14-21(30)31)12-13-26(4)23-22-19(6-5-7-20(22)29)28(18-10-8-17(27)9-11-18)24(23)25(2,3)15-33-26/h5-11,16,29H,12-15H2,1-4H3,(H,30,31)/t16-,26+/m0/s1. The minimum Gasteiger partial charge on any atom is -0.507 e. The van der Waals surface area contributed by atoms with Crippen molar-refractivity contribution in [2.75, 3.05) is 13.2 Å². The molecule has 1 aliphatic rings. The lowest BCUT2D eigenvalue weighted by Gasteiger charge is -2.43. The maximum absolute atomic E-state index is 13.7. The Bertz CT molecular complexity index is 1180. The maximum atomic E-state index is 13.7. The smallest absolute Gasteiger partial charge is 0.329 e. The summed E-state index contributed by atoms with van der Waals surface area (Å²) in [4.78, 5) is 10.8.